The zero-order chi connectivity index (χ0) is 39.5. The minimum Gasteiger partial charge on any atom is -0.744 e. The summed E-state index contributed by atoms with van der Waals surface area (Å²) in [5.74, 6) is -0.568. The molecule has 0 aliphatic heterocycles. The number of phenols is 2. The van der Waals surface area contributed by atoms with Crippen molar-refractivity contribution in [2.24, 2.45) is 20.5 Å². The SMILES string of the molecule is Cc1ccc(N=Nc2c(O)ccc3ccc(S(=O)(=O)[O-])cc23)cc1[N+](=O)[O-].Cc1ccc(N=Nc2c(O)ccc3ccc(S(=O)(=O)[O-])cc23)cc1[N+](=O)[O-].[Ca+2]. The monoisotopic (exact) mass is 812 g/mol. The van der Waals surface area contributed by atoms with Gasteiger partial charge in [-0.05, 0) is 73.2 Å². The normalized spacial score (nSPS) is 11.7. The van der Waals surface area contributed by atoms with Gasteiger partial charge in [-0.25, -0.2) is 16.8 Å². The van der Waals surface area contributed by atoms with E-state index in [9.17, 15) is 56.4 Å². The third-order valence-electron chi connectivity index (χ3n) is 7.77. The Kier molecular flexibility index (Phi) is 13.0. The molecule has 6 aromatic rings. The maximum absolute atomic E-state index is 11.2. The van der Waals surface area contributed by atoms with Crippen molar-refractivity contribution in [1.29, 1.82) is 0 Å². The molecule has 276 valence electrons. The average Bonchev–Trinajstić information content (AvgIpc) is 3.10. The Hall–Kier alpha value is -5.48. The Balaban J connectivity index is 0.000000240. The standard InChI is InChI=1S/2C17H13N3O6S.Ca/c2*1-10-2-5-12(8-15(10)20(22)23)18-19-17-14-9-13(27(24,25)26)6-3-11(14)4-7-16(17)21;/h2*2-9,21H,1H3,(H,24,25,26);/q;;+2/p-2. The number of benzene rings is 6. The van der Waals surface area contributed by atoms with Crippen LogP contribution in [0.1, 0.15) is 11.1 Å². The molecule has 0 amide bonds. The number of aromatic hydroxyl groups is 2. The number of aryl methyl sites for hydroxylation is 2. The quantitative estimate of drug-likeness (QED) is 0.0489. The molecule has 55 heavy (non-hydrogen) atoms. The van der Waals surface area contributed by atoms with E-state index >= 15 is 0 Å². The van der Waals surface area contributed by atoms with Crippen LogP contribution in [0.2, 0.25) is 0 Å². The predicted molar refractivity (Wildman–Crippen MR) is 197 cm³/mol. The van der Waals surface area contributed by atoms with Crippen molar-refractivity contribution < 1.29 is 46.0 Å². The topological polar surface area (TPSA) is 291 Å². The largest absolute Gasteiger partial charge is 2.00 e. The van der Waals surface area contributed by atoms with E-state index in [2.05, 4.69) is 20.5 Å². The number of azo groups is 2. The van der Waals surface area contributed by atoms with Crippen LogP contribution in [0.4, 0.5) is 34.1 Å². The predicted octanol–water partition coefficient (Wildman–Crippen LogP) is 7.78. The van der Waals surface area contributed by atoms with Crippen LogP contribution in [0.5, 0.6) is 11.5 Å². The molecule has 18 nitrogen and oxygen atoms in total. The molecule has 0 saturated carbocycles. The van der Waals surface area contributed by atoms with Crippen molar-refractivity contribution in [2.45, 2.75) is 23.6 Å². The van der Waals surface area contributed by atoms with Crippen LogP contribution in [-0.2, 0) is 20.2 Å². The fourth-order valence-corrected chi connectivity index (χ4v) is 5.99. The summed E-state index contributed by atoms with van der Waals surface area (Å²) in [5, 5.41) is 59.3. The summed E-state index contributed by atoms with van der Waals surface area (Å²) in [6, 6.07) is 21.6. The number of nitro groups is 2. The number of rotatable bonds is 8. The van der Waals surface area contributed by atoms with E-state index < -0.39 is 39.9 Å². The van der Waals surface area contributed by atoms with Gasteiger partial charge < -0.3 is 19.3 Å². The van der Waals surface area contributed by atoms with E-state index in [0.29, 0.717) is 21.9 Å². The fraction of sp³-hybridized carbons (Fsp3) is 0.0588. The van der Waals surface area contributed by atoms with Crippen LogP contribution in [0, 0.1) is 34.1 Å². The number of phenolic OH excluding ortho intramolecular Hbond substituents is 2. The first-order chi connectivity index (χ1) is 25.3. The third-order valence-corrected chi connectivity index (χ3v) is 9.44. The van der Waals surface area contributed by atoms with Crippen LogP contribution in [0.25, 0.3) is 21.5 Å². The third kappa shape index (κ3) is 9.99. The van der Waals surface area contributed by atoms with Gasteiger partial charge in [-0.3, -0.25) is 20.2 Å². The van der Waals surface area contributed by atoms with E-state index in [-0.39, 0.29) is 94.1 Å². The number of hydrogen-bond acceptors (Lipinski definition) is 16. The Labute approximate surface area is 341 Å². The average molecular weight is 813 g/mol. The first kappa shape index (κ1) is 42.3. The van der Waals surface area contributed by atoms with Gasteiger partial charge in [0.15, 0.2) is 0 Å². The van der Waals surface area contributed by atoms with Crippen LogP contribution in [0.3, 0.4) is 0 Å². The van der Waals surface area contributed by atoms with E-state index in [1.807, 2.05) is 0 Å². The van der Waals surface area contributed by atoms with Gasteiger partial charge in [-0.1, -0.05) is 36.4 Å². The fourth-order valence-electron chi connectivity index (χ4n) is 4.99. The zero-order valence-electron chi connectivity index (χ0n) is 28.4. The molecule has 0 aliphatic carbocycles. The molecule has 0 bridgehead atoms. The molecule has 0 saturated heterocycles. The van der Waals surface area contributed by atoms with Gasteiger partial charge in [0.2, 0.25) is 0 Å². The first-order valence-electron chi connectivity index (χ1n) is 15.1. The van der Waals surface area contributed by atoms with E-state index in [1.165, 1.54) is 72.8 Å². The van der Waals surface area contributed by atoms with Crippen molar-refractivity contribution in [2.75, 3.05) is 0 Å². The van der Waals surface area contributed by atoms with Crippen molar-refractivity contribution >= 4 is 114 Å². The molecule has 0 aromatic heterocycles. The molecule has 0 heterocycles. The molecule has 0 aliphatic rings. The van der Waals surface area contributed by atoms with Crippen molar-refractivity contribution in [3.8, 4) is 11.5 Å². The summed E-state index contributed by atoms with van der Waals surface area (Å²) < 4.78 is 67.5. The Morgan fingerprint density at radius 3 is 1.20 bits per heavy atom. The molecule has 0 spiro atoms. The minimum atomic E-state index is -4.69. The molecular formula is C34H24CaN6O12S2. The van der Waals surface area contributed by atoms with Gasteiger partial charge in [-0.15, -0.1) is 10.2 Å². The van der Waals surface area contributed by atoms with Crippen molar-refractivity contribution in [3.05, 3.63) is 128 Å². The van der Waals surface area contributed by atoms with E-state index in [4.69, 9.17) is 0 Å². The van der Waals surface area contributed by atoms with Gasteiger partial charge in [0, 0.05) is 34.0 Å². The summed E-state index contributed by atoms with van der Waals surface area (Å²) in [4.78, 5) is 20.0. The molecule has 2 N–H and O–H groups in total. The van der Waals surface area contributed by atoms with Gasteiger partial charge in [-0.2, -0.15) is 10.2 Å². The summed E-state index contributed by atoms with van der Waals surface area (Å²) in [7, 11) is -9.38. The van der Waals surface area contributed by atoms with Crippen LogP contribution in [-0.4, -0.2) is 83.7 Å². The first-order valence-corrected chi connectivity index (χ1v) is 17.9. The second-order valence-electron chi connectivity index (χ2n) is 11.4. The molecule has 6 rings (SSSR count). The van der Waals surface area contributed by atoms with Gasteiger partial charge >= 0.3 is 37.7 Å². The van der Waals surface area contributed by atoms with E-state index in [1.54, 1.807) is 13.8 Å². The second-order valence-corrected chi connectivity index (χ2v) is 14.2. The Bertz CT molecular complexity index is 2610. The maximum Gasteiger partial charge on any atom is 2.00 e. The Morgan fingerprint density at radius 1 is 0.527 bits per heavy atom. The minimum absolute atomic E-state index is 0. The summed E-state index contributed by atoms with van der Waals surface area (Å²) in [6.45, 7) is 3.17. The summed E-state index contributed by atoms with van der Waals surface area (Å²) in [5.41, 5.74) is 0.895. The smallest absolute Gasteiger partial charge is 0.744 e. The molecule has 0 radical (unpaired) electrons. The number of fused-ring (bicyclic) bond motifs is 2. The molecular weight excluding hydrogens is 789 g/mol. The molecule has 21 heteroatoms. The molecule has 0 fully saturated rings. The summed E-state index contributed by atoms with van der Waals surface area (Å²) >= 11 is 0. The number of nitrogens with zero attached hydrogens (tertiary/aromatic N) is 6. The van der Waals surface area contributed by atoms with E-state index in [0.717, 1.165) is 24.3 Å². The molecule has 0 unspecified atom stereocenters. The number of nitro benzene ring substituents is 2. The van der Waals surface area contributed by atoms with Crippen LogP contribution >= 0.6 is 0 Å². The second kappa shape index (κ2) is 16.9. The number of hydrogen-bond donors (Lipinski definition) is 2. The summed E-state index contributed by atoms with van der Waals surface area (Å²) in [6.07, 6.45) is 0. The van der Waals surface area contributed by atoms with Gasteiger partial charge in [0.1, 0.15) is 43.1 Å². The maximum atomic E-state index is 11.2. The van der Waals surface area contributed by atoms with Crippen LogP contribution in [0.15, 0.2) is 127 Å². The van der Waals surface area contributed by atoms with Crippen molar-refractivity contribution in [3.63, 3.8) is 0 Å². The molecule has 6 aromatic carbocycles. The van der Waals surface area contributed by atoms with Gasteiger partial charge in [0.25, 0.3) is 11.4 Å². The molecule has 0 atom stereocenters. The van der Waals surface area contributed by atoms with Crippen molar-refractivity contribution in [1.82, 2.24) is 0 Å². The zero-order valence-corrected chi connectivity index (χ0v) is 32.3. The Morgan fingerprint density at radius 2 is 0.873 bits per heavy atom. The van der Waals surface area contributed by atoms with Gasteiger partial charge in [0.05, 0.1) is 31.0 Å². The van der Waals surface area contributed by atoms with Crippen LogP contribution < -0.4 is 0 Å².